The van der Waals surface area contributed by atoms with E-state index < -0.39 is 0 Å². The molecule has 0 aliphatic heterocycles. The lowest BCUT2D eigenvalue weighted by atomic mass is 10.4. The third kappa shape index (κ3) is 2.71. The average molecular weight is 188 g/mol. The molecule has 0 radical (unpaired) electrons. The average Bonchev–Trinajstić information content (AvgIpc) is 2.31. The maximum atomic E-state index is 5.67. The molecule has 62 valence electrons. The summed E-state index contributed by atoms with van der Waals surface area (Å²) < 4.78 is 4.00. The van der Waals surface area contributed by atoms with Crippen molar-refractivity contribution in [2.45, 2.75) is 24.9 Å². The van der Waals surface area contributed by atoms with Crippen LogP contribution >= 0.6 is 23.3 Å². The minimum atomic E-state index is 0.661. The highest BCUT2D eigenvalue weighted by atomic mass is 32.2. The van der Waals surface area contributed by atoms with Gasteiger partial charge in [0.25, 0.3) is 0 Å². The van der Waals surface area contributed by atoms with Crippen LogP contribution in [0.5, 0.6) is 0 Å². The number of nitrogen functional groups attached to an aromatic ring is 1. The molecular formula is C7H12N2S2. The van der Waals surface area contributed by atoms with E-state index in [4.69, 9.17) is 5.73 Å². The van der Waals surface area contributed by atoms with Crippen molar-refractivity contribution in [1.29, 1.82) is 0 Å². The number of nitrogens with two attached hydrogens (primary N) is 1. The van der Waals surface area contributed by atoms with Crippen LogP contribution in [0.1, 0.15) is 19.4 Å². The maximum absolute atomic E-state index is 5.67. The predicted molar refractivity (Wildman–Crippen MR) is 53.0 cm³/mol. The van der Waals surface area contributed by atoms with Gasteiger partial charge in [-0.2, -0.15) is 16.1 Å². The van der Waals surface area contributed by atoms with E-state index in [2.05, 4.69) is 18.2 Å². The largest absolute Gasteiger partial charge is 0.389 e. The second-order valence-electron chi connectivity index (χ2n) is 2.58. The van der Waals surface area contributed by atoms with Gasteiger partial charge in [-0.3, -0.25) is 0 Å². The summed E-state index contributed by atoms with van der Waals surface area (Å²) in [5.74, 6) is 0.986. The summed E-state index contributed by atoms with van der Waals surface area (Å²) in [5.41, 5.74) is 6.84. The monoisotopic (exact) mass is 188 g/mol. The van der Waals surface area contributed by atoms with Gasteiger partial charge in [0, 0.05) is 17.5 Å². The molecule has 0 aromatic carbocycles. The van der Waals surface area contributed by atoms with Crippen molar-refractivity contribution in [2.24, 2.45) is 0 Å². The van der Waals surface area contributed by atoms with Crippen LogP contribution in [0, 0.1) is 0 Å². The van der Waals surface area contributed by atoms with Crippen LogP contribution in [0.2, 0.25) is 0 Å². The van der Waals surface area contributed by atoms with Crippen LogP contribution in [-0.4, -0.2) is 9.62 Å². The van der Waals surface area contributed by atoms with E-state index in [9.17, 15) is 0 Å². The summed E-state index contributed by atoms with van der Waals surface area (Å²) in [7, 11) is 0. The van der Waals surface area contributed by atoms with Gasteiger partial charge in [0.05, 0.1) is 0 Å². The number of rotatable bonds is 3. The van der Waals surface area contributed by atoms with Gasteiger partial charge in [0.1, 0.15) is 5.00 Å². The molecule has 0 aliphatic carbocycles. The molecular weight excluding hydrogens is 176 g/mol. The minimum absolute atomic E-state index is 0.661. The van der Waals surface area contributed by atoms with Crippen molar-refractivity contribution in [2.75, 3.05) is 5.73 Å². The van der Waals surface area contributed by atoms with Gasteiger partial charge in [0.15, 0.2) is 0 Å². The molecule has 0 fully saturated rings. The van der Waals surface area contributed by atoms with Gasteiger partial charge in [-0.25, -0.2) is 0 Å². The van der Waals surface area contributed by atoms with E-state index in [1.54, 1.807) is 0 Å². The predicted octanol–water partition coefficient (Wildman–Crippen LogP) is 2.37. The molecule has 1 aromatic rings. The van der Waals surface area contributed by atoms with Crippen LogP contribution in [-0.2, 0) is 5.75 Å². The molecule has 0 atom stereocenters. The Balaban J connectivity index is 2.44. The zero-order chi connectivity index (χ0) is 8.27. The fraction of sp³-hybridized carbons (Fsp3) is 0.571. The SMILES string of the molecule is CC(C)SCc1cnsc1N. The second kappa shape index (κ2) is 3.97. The molecule has 0 aliphatic rings. The van der Waals surface area contributed by atoms with Crippen LogP contribution in [0.25, 0.3) is 0 Å². The van der Waals surface area contributed by atoms with Gasteiger partial charge < -0.3 is 5.73 Å². The molecule has 2 nitrogen and oxygen atoms in total. The lowest BCUT2D eigenvalue weighted by Gasteiger charge is -2.02. The Morgan fingerprint density at radius 3 is 2.91 bits per heavy atom. The molecule has 0 saturated carbocycles. The first-order chi connectivity index (χ1) is 5.20. The molecule has 0 bridgehead atoms. The molecule has 1 aromatic heterocycles. The zero-order valence-electron chi connectivity index (χ0n) is 6.70. The Kier molecular flexibility index (Phi) is 3.20. The third-order valence-corrected chi connectivity index (χ3v) is 3.06. The minimum Gasteiger partial charge on any atom is -0.389 e. The van der Waals surface area contributed by atoms with E-state index in [-0.39, 0.29) is 0 Å². The van der Waals surface area contributed by atoms with Crippen LogP contribution in [0.3, 0.4) is 0 Å². The number of thioether (sulfide) groups is 1. The fourth-order valence-electron chi connectivity index (χ4n) is 0.634. The summed E-state index contributed by atoms with van der Waals surface area (Å²) in [4.78, 5) is 0. The van der Waals surface area contributed by atoms with E-state index >= 15 is 0 Å². The quantitative estimate of drug-likeness (QED) is 0.791. The molecule has 0 unspecified atom stereocenters. The second-order valence-corrected chi connectivity index (χ2v) is 4.97. The van der Waals surface area contributed by atoms with Crippen molar-refractivity contribution in [1.82, 2.24) is 4.37 Å². The van der Waals surface area contributed by atoms with E-state index in [0.717, 1.165) is 10.8 Å². The maximum Gasteiger partial charge on any atom is 0.110 e. The van der Waals surface area contributed by atoms with E-state index in [1.165, 1.54) is 17.1 Å². The number of hydrogen-bond acceptors (Lipinski definition) is 4. The standard InChI is InChI=1S/C7H12N2S2/c1-5(2)10-4-6-3-9-11-7(6)8/h3,5H,4,8H2,1-2H3. The molecule has 4 heteroatoms. The smallest absolute Gasteiger partial charge is 0.110 e. The Hall–Kier alpha value is -0.220. The molecule has 0 saturated heterocycles. The van der Waals surface area contributed by atoms with Crippen molar-refractivity contribution in [3.63, 3.8) is 0 Å². The van der Waals surface area contributed by atoms with Gasteiger partial charge >= 0.3 is 0 Å². The molecule has 1 rings (SSSR count). The number of anilines is 1. The Morgan fingerprint density at radius 1 is 1.73 bits per heavy atom. The Bertz CT molecular complexity index is 220. The first-order valence-electron chi connectivity index (χ1n) is 3.50. The summed E-state index contributed by atoms with van der Waals surface area (Å²) in [6.45, 7) is 4.36. The number of hydrogen-bond donors (Lipinski definition) is 1. The highest BCUT2D eigenvalue weighted by Gasteiger charge is 2.02. The van der Waals surface area contributed by atoms with Gasteiger partial charge in [0.2, 0.25) is 0 Å². The molecule has 2 N–H and O–H groups in total. The normalized spacial score (nSPS) is 10.8. The van der Waals surface area contributed by atoms with Crippen molar-refractivity contribution >= 4 is 28.3 Å². The van der Waals surface area contributed by atoms with Gasteiger partial charge in [-0.05, 0) is 16.8 Å². The van der Waals surface area contributed by atoms with Gasteiger partial charge in [-0.15, -0.1) is 0 Å². The zero-order valence-corrected chi connectivity index (χ0v) is 8.34. The van der Waals surface area contributed by atoms with Gasteiger partial charge in [-0.1, -0.05) is 13.8 Å². The Labute approximate surface area is 75.4 Å². The highest BCUT2D eigenvalue weighted by molar-refractivity contribution is 7.99. The molecule has 11 heavy (non-hydrogen) atoms. The topological polar surface area (TPSA) is 38.9 Å². The van der Waals surface area contributed by atoms with E-state index in [1.807, 2.05) is 18.0 Å². The van der Waals surface area contributed by atoms with Crippen molar-refractivity contribution < 1.29 is 0 Å². The van der Waals surface area contributed by atoms with Crippen LogP contribution in [0.4, 0.5) is 5.00 Å². The first-order valence-corrected chi connectivity index (χ1v) is 5.33. The van der Waals surface area contributed by atoms with Crippen molar-refractivity contribution in [3.8, 4) is 0 Å². The number of nitrogens with zero attached hydrogens (tertiary/aromatic N) is 1. The fourth-order valence-corrected chi connectivity index (χ4v) is 2.00. The highest BCUT2D eigenvalue weighted by Crippen LogP contribution is 2.23. The lowest BCUT2D eigenvalue weighted by molar-refractivity contribution is 1.11. The van der Waals surface area contributed by atoms with Crippen molar-refractivity contribution in [3.05, 3.63) is 11.8 Å². The number of aromatic nitrogens is 1. The molecule has 0 spiro atoms. The third-order valence-electron chi connectivity index (χ3n) is 1.25. The van der Waals surface area contributed by atoms with Crippen LogP contribution < -0.4 is 5.73 Å². The lowest BCUT2D eigenvalue weighted by Crippen LogP contribution is -1.90. The summed E-state index contributed by atoms with van der Waals surface area (Å²) in [6, 6.07) is 0. The molecule has 1 heterocycles. The van der Waals surface area contributed by atoms with E-state index in [0.29, 0.717) is 5.25 Å². The van der Waals surface area contributed by atoms with Crippen LogP contribution in [0.15, 0.2) is 6.20 Å². The summed E-state index contributed by atoms with van der Waals surface area (Å²) in [6.07, 6.45) is 1.86. The first kappa shape index (κ1) is 8.87. The summed E-state index contributed by atoms with van der Waals surface area (Å²) in [5, 5.41) is 1.52. The molecule has 0 amide bonds. The Morgan fingerprint density at radius 2 is 2.45 bits per heavy atom. The summed E-state index contributed by atoms with van der Waals surface area (Å²) >= 11 is 3.26.